The number of aromatic nitrogens is 4. The van der Waals surface area contributed by atoms with Gasteiger partial charge in [-0.2, -0.15) is 9.97 Å². The van der Waals surface area contributed by atoms with Crippen LogP contribution >= 0.6 is 0 Å². The van der Waals surface area contributed by atoms with E-state index in [9.17, 15) is 13.2 Å². The van der Waals surface area contributed by atoms with Crippen LogP contribution in [0.4, 0.5) is 24.9 Å². The highest BCUT2D eigenvalue weighted by atomic mass is 19.3. The second kappa shape index (κ2) is 11.1. The Balaban J connectivity index is 1.24. The molecular formula is C27H34F3N7O. The van der Waals surface area contributed by atoms with Crippen LogP contribution in [0.25, 0.3) is 16.9 Å². The molecule has 1 aliphatic carbocycles. The van der Waals surface area contributed by atoms with Crippen LogP contribution in [0.2, 0.25) is 0 Å². The number of anilines is 2. The first kappa shape index (κ1) is 25.4. The van der Waals surface area contributed by atoms with E-state index in [4.69, 9.17) is 14.7 Å². The fourth-order valence-electron chi connectivity index (χ4n) is 6.03. The van der Waals surface area contributed by atoms with Gasteiger partial charge in [0.1, 0.15) is 17.8 Å². The molecule has 11 heteroatoms. The lowest BCUT2D eigenvalue weighted by Crippen LogP contribution is -2.38. The van der Waals surface area contributed by atoms with Crippen molar-refractivity contribution in [1.29, 1.82) is 0 Å². The van der Waals surface area contributed by atoms with Gasteiger partial charge in [-0.1, -0.05) is 12.1 Å². The van der Waals surface area contributed by atoms with Gasteiger partial charge in [0.15, 0.2) is 5.82 Å². The molecule has 2 aliphatic heterocycles. The summed E-state index contributed by atoms with van der Waals surface area (Å²) in [7, 11) is 0. The first-order valence-electron chi connectivity index (χ1n) is 13.6. The van der Waals surface area contributed by atoms with Crippen LogP contribution in [0.1, 0.15) is 44.4 Å². The first-order chi connectivity index (χ1) is 18.5. The monoisotopic (exact) mass is 529 g/mol. The Morgan fingerprint density at radius 1 is 0.947 bits per heavy atom. The van der Waals surface area contributed by atoms with Crippen molar-refractivity contribution in [2.24, 2.45) is 5.92 Å². The number of para-hydroxylation sites is 2. The topological polar surface area (TPSA) is 71.3 Å². The minimum Gasteiger partial charge on any atom is -0.378 e. The molecule has 2 aromatic heterocycles. The van der Waals surface area contributed by atoms with E-state index in [1.165, 1.54) is 4.57 Å². The van der Waals surface area contributed by atoms with E-state index < -0.39 is 12.6 Å². The average Bonchev–Trinajstić information content (AvgIpc) is 3.56. The molecule has 3 aromatic rings. The van der Waals surface area contributed by atoms with E-state index in [1.807, 2.05) is 6.07 Å². The Bertz CT molecular complexity index is 1240. The van der Waals surface area contributed by atoms with Gasteiger partial charge in [-0.25, -0.2) is 18.2 Å². The number of morpholine rings is 1. The Hall–Kier alpha value is -2.92. The van der Waals surface area contributed by atoms with Gasteiger partial charge >= 0.3 is 0 Å². The van der Waals surface area contributed by atoms with Crippen LogP contribution in [-0.2, 0) is 4.74 Å². The maximum Gasteiger partial charge on any atom is 0.296 e. The number of hydrogen-bond donors (Lipinski definition) is 1. The number of ether oxygens (including phenoxy) is 1. The molecule has 204 valence electrons. The number of rotatable bonds is 7. The molecule has 4 heterocycles. The molecule has 3 fully saturated rings. The molecule has 0 unspecified atom stereocenters. The number of nitrogens with zero attached hydrogens (tertiary/aromatic N) is 6. The standard InChI is InChI=1S/C27H34F3N7O/c28-19-9-10-36(17-19)20-7-5-18(6-8-20)16-31-27-33-23(35-11-13-38-14-12-35)15-24(34-27)37-22-4-2-1-3-21(22)32-26(37)25(29)30/h1-4,15,18-20,25H,5-14,16-17H2,(H,31,33,34)/t18?,19-,20?/m0/s1. The lowest BCUT2D eigenvalue weighted by molar-refractivity contribution is 0.122. The van der Waals surface area contributed by atoms with Gasteiger partial charge in [-0.3, -0.25) is 9.47 Å². The summed E-state index contributed by atoms with van der Waals surface area (Å²) in [5, 5.41) is 3.41. The number of likely N-dealkylation sites (tertiary alicyclic amines) is 1. The number of hydrogen-bond acceptors (Lipinski definition) is 7. The van der Waals surface area contributed by atoms with Crippen molar-refractivity contribution in [3.05, 3.63) is 36.2 Å². The van der Waals surface area contributed by atoms with Crippen molar-refractivity contribution in [1.82, 2.24) is 24.4 Å². The van der Waals surface area contributed by atoms with E-state index >= 15 is 0 Å². The molecule has 38 heavy (non-hydrogen) atoms. The molecule has 6 rings (SSSR count). The van der Waals surface area contributed by atoms with E-state index in [-0.39, 0.29) is 5.82 Å². The van der Waals surface area contributed by atoms with Gasteiger partial charge in [-0.15, -0.1) is 0 Å². The average molecular weight is 530 g/mol. The van der Waals surface area contributed by atoms with E-state index in [2.05, 4.69) is 20.1 Å². The van der Waals surface area contributed by atoms with Gasteiger partial charge in [0, 0.05) is 44.8 Å². The molecule has 1 N–H and O–H groups in total. The third kappa shape index (κ3) is 5.31. The molecule has 0 spiro atoms. The predicted molar refractivity (Wildman–Crippen MR) is 140 cm³/mol. The Morgan fingerprint density at radius 2 is 1.71 bits per heavy atom. The summed E-state index contributed by atoms with van der Waals surface area (Å²) in [4.78, 5) is 18.1. The Morgan fingerprint density at radius 3 is 2.45 bits per heavy atom. The maximum atomic E-state index is 14.1. The minimum atomic E-state index is -2.75. The van der Waals surface area contributed by atoms with Crippen molar-refractivity contribution >= 4 is 22.8 Å². The maximum absolute atomic E-state index is 14.1. The zero-order valence-electron chi connectivity index (χ0n) is 21.4. The van der Waals surface area contributed by atoms with Crippen molar-refractivity contribution in [3.8, 4) is 5.82 Å². The van der Waals surface area contributed by atoms with Gasteiger partial charge in [-0.05, 0) is 50.2 Å². The van der Waals surface area contributed by atoms with Crippen LogP contribution in [0.3, 0.4) is 0 Å². The molecule has 8 nitrogen and oxygen atoms in total. The largest absolute Gasteiger partial charge is 0.378 e. The van der Waals surface area contributed by atoms with Gasteiger partial charge < -0.3 is 15.0 Å². The van der Waals surface area contributed by atoms with E-state index in [0.29, 0.717) is 86.4 Å². The number of imidazole rings is 1. The summed E-state index contributed by atoms with van der Waals surface area (Å²) in [6, 6.07) is 9.34. The normalized spacial score (nSPS) is 24.9. The van der Waals surface area contributed by atoms with Crippen molar-refractivity contribution < 1.29 is 17.9 Å². The van der Waals surface area contributed by atoms with Crippen molar-refractivity contribution in [2.45, 2.75) is 50.7 Å². The smallest absolute Gasteiger partial charge is 0.296 e. The summed E-state index contributed by atoms with van der Waals surface area (Å²) in [5.41, 5.74) is 1.08. The molecule has 1 atom stereocenters. The molecule has 0 amide bonds. The second-order valence-electron chi connectivity index (χ2n) is 10.5. The summed E-state index contributed by atoms with van der Waals surface area (Å²) >= 11 is 0. The quantitative estimate of drug-likeness (QED) is 0.480. The van der Waals surface area contributed by atoms with E-state index in [0.717, 1.165) is 32.2 Å². The molecule has 0 radical (unpaired) electrons. The van der Waals surface area contributed by atoms with Crippen LogP contribution in [0, 0.1) is 5.92 Å². The third-order valence-electron chi connectivity index (χ3n) is 8.09. The molecule has 1 saturated carbocycles. The molecular weight excluding hydrogens is 495 g/mol. The highest BCUT2D eigenvalue weighted by molar-refractivity contribution is 5.78. The van der Waals surface area contributed by atoms with Crippen LogP contribution in [0.5, 0.6) is 0 Å². The predicted octanol–water partition coefficient (Wildman–Crippen LogP) is 4.60. The SMILES string of the molecule is FC(F)c1nc2ccccc2n1-c1cc(N2CCOCC2)nc(NCC2CCC(N3CC[C@H](F)C3)CC2)n1. The second-order valence-corrected chi connectivity index (χ2v) is 10.5. The van der Waals surface area contributed by atoms with Crippen LogP contribution in [0.15, 0.2) is 30.3 Å². The van der Waals surface area contributed by atoms with Crippen LogP contribution in [-0.4, -0.2) is 82.6 Å². The van der Waals surface area contributed by atoms with Crippen molar-refractivity contribution in [3.63, 3.8) is 0 Å². The van der Waals surface area contributed by atoms with Crippen LogP contribution < -0.4 is 10.2 Å². The zero-order valence-corrected chi connectivity index (χ0v) is 21.4. The number of nitrogens with one attached hydrogen (secondary N) is 1. The number of alkyl halides is 3. The lowest BCUT2D eigenvalue weighted by atomic mass is 9.85. The fourth-order valence-corrected chi connectivity index (χ4v) is 6.03. The first-order valence-corrected chi connectivity index (χ1v) is 13.6. The van der Waals surface area contributed by atoms with Gasteiger partial charge in [0.2, 0.25) is 5.95 Å². The van der Waals surface area contributed by atoms with Gasteiger partial charge in [0.05, 0.1) is 24.2 Å². The minimum absolute atomic E-state index is 0.334. The summed E-state index contributed by atoms with van der Waals surface area (Å²) in [5.74, 6) is 1.59. The molecule has 1 aromatic carbocycles. The fraction of sp³-hybridized carbons (Fsp3) is 0.593. The number of fused-ring (bicyclic) bond motifs is 1. The lowest BCUT2D eigenvalue weighted by Gasteiger charge is -2.34. The van der Waals surface area contributed by atoms with E-state index in [1.54, 1.807) is 24.3 Å². The summed E-state index contributed by atoms with van der Waals surface area (Å²) < 4.78 is 48.7. The Labute approximate surface area is 220 Å². The zero-order chi connectivity index (χ0) is 26.1. The van der Waals surface area contributed by atoms with Gasteiger partial charge in [0.25, 0.3) is 6.43 Å². The number of benzene rings is 1. The summed E-state index contributed by atoms with van der Waals surface area (Å²) in [6.45, 7) is 4.65. The summed E-state index contributed by atoms with van der Waals surface area (Å²) in [6.07, 6.45) is 1.47. The van der Waals surface area contributed by atoms with Crippen molar-refractivity contribution in [2.75, 3.05) is 56.2 Å². The highest BCUT2D eigenvalue weighted by Crippen LogP contribution is 2.32. The molecule has 3 aliphatic rings. The Kier molecular flexibility index (Phi) is 7.38. The number of halogens is 3. The third-order valence-corrected chi connectivity index (χ3v) is 8.09. The highest BCUT2D eigenvalue weighted by Gasteiger charge is 2.31. The molecule has 2 saturated heterocycles. The molecule has 0 bridgehead atoms.